The van der Waals surface area contributed by atoms with Crippen molar-refractivity contribution in [1.29, 1.82) is 0 Å². The van der Waals surface area contributed by atoms with Gasteiger partial charge in [0.2, 0.25) is 0 Å². The van der Waals surface area contributed by atoms with Crippen LogP contribution < -0.4 is 5.73 Å². The number of nitrogens with two attached hydrogens (primary N) is 1. The van der Waals surface area contributed by atoms with Crippen molar-refractivity contribution in [3.8, 4) is 11.5 Å². The molecule has 2 aliphatic carbocycles. The van der Waals surface area contributed by atoms with E-state index in [1.165, 1.54) is 0 Å². The number of aromatic amines is 2. The number of fused-ring (bicyclic) bond motifs is 2. The molecule has 0 fully saturated rings. The van der Waals surface area contributed by atoms with Crippen molar-refractivity contribution in [2.75, 3.05) is 0 Å². The van der Waals surface area contributed by atoms with Crippen LogP contribution in [0, 0.1) is 5.92 Å². The van der Waals surface area contributed by atoms with Crippen molar-refractivity contribution in [3.05, 3.63) is 108 Å². The van der Waals surface area contributed by atoms with Gasteiger partial charge < -0.3 is 10.7 Å². The van der Waals surface area contributed by atoms with Crippen LogP contribution in [0.15, 0.2) is 84.9 Å². The summed E-state index contributed by atoms with van der Waals surface area (Å²) in [6.45, 7) is 2.16. The second-order valence-electron chi connectivity index (χ2n) is 8.54. The van der Waals surface area contributed by atoms with Gasteiger partial charge in [0, 0.05) is 35.8 Å². The summed E-state index contributed by atoms with van der Waals surface area (Å²) in [5, 5.41) is 7.66. The van der Waals surface area contributed by atoms with Crippen LogP contribution in [0.3, 0.4) is 0 Å². The van der Waals surface area contributed by atoms with E-state index in [4.69, 9.17) is 15.7 Å². The van der Waals surface area contributed by atoms with Crippen LogP contribution in [0.5, 0.6) is 0 Å². The Kier molecular flexibility index (Phi) is 4.80. The predicted octanol–water partition coefficient (Wildman–Crippen LogP) is 4.72. The maximum Gasteiger partial charge on any atom is 0.161 e. The van der Waals surface area contributed by atoms with Crippen LogP contribution in [0.1, 0.15) is 29.6 Å². The van der Waals surface area contributed by atoms with E-state index in [1.807, 2.05) is 42.5 Å². The minimum Gasteiger partial charge on any atom is -0.402 e. The maximum atomic E-state index is 6.24. The Labute approximate surface area is 196 Å². The van der Waals surface area contributed by atoms with Gasteiger partial charge in [-0.25, -0.2) is 9.97 Å². The largest absolute Gasteiger partial charge is 0.402 e. The number of nitrogens with zero attached hydrogens (tertiary/aromatic N) is 4. The second-order valence-corrected chi connectivity index (χ2v) is 8.54. The van der Waals surface area contributed by atoms with Gasteiger partial charge in [-0.3, -0.25) is 10.1 Å². The van der Waals surface area contributed by atoms with Crippen LogP contribution in [-0.4, -0.2) is 30.1 Å². The van der Waals surface area contributed by atoms with E-state index >= 15 is 0 Å². The molecule has 34 heavy (non-hydrogen) atoms. The predicted molar refractivity (Wildman–Crippen MR) is 134 cm³/mol. The van der Waals surface area contributed by atoms with E-state index < -0.39 is 0 Å². The number of rotatable bonds is 3. The first-order valence-electron chi connectivity index (χ1n) is 11.2. The summed E-state index contributed by atoms with van der Waals surface area (Å²) in [5.74, 6) is 1.000. The van der Waals surface area contributed by atoms with E-state index in [-0.39, 0.29) is 0 Å². The summed E-state index contributed by atoms with van der Waals surface area (Å²) in [6.07, 6.45) is 18.7. The Bertz CT molecular complexity index is 1540. The fraction of sp³-hybridized carbons (Fsp3) is 0.111. The quantitative estimate of drug-likeness (QED) is 0.423. The van der Waals surface area contributed by atoms with Gasteiger partial charge in [-0.2, -0.15) is 5.10 Å². The molecule has 166 valence electrons. The van der Waals surface area contributed by atoms with Gasteiger partial charge in [0.15, 0.2) is 11.5 Å². The average Bonchev–Trinajstić information content (AvgIpc) is 3.33. The minimum absolute atomic E-state index is 0.337. The number of allylic oxidation sites excluding steroid dienone is 9. The SMILES string of the molecule is C[C@H]1C=CC=CC(c2ccc3[nH]nc(-c4nc5c([nH]4)CC(N)=CC=C5c4ccncc4)c3n2)=C1. The van der Waals surface area contributed by atoms with E-state index in [2.05, 4.69) is 51.4 Å². The van der Waals surface area contributed by atoms with Crippen molar-refractivity contribution in [1.82, 2.24) is 30.1 Å². The van der Waals surface area contributed by atoms with E-state index in [9.17, 15) is 0 Å². The Hall–Kier alpha value is -4.52. The van der Waals surface area contributed by atoms with Gasteiger partial charge in [-0.05, 0) is 47.4 Å². The monoisotopic (exact) mass is 445 g/mol. The Morgan fingerprint density at radius 2 is 1.88 bits per heavy atom. The summed E-state index contributed by atoms with van der Waals surface area (Å²) >= 11 is 0. The van der Waals surface area contributed by atoms with Gasteiger partial charge in [0.1, 0.15) is 5.52 Å². The lowest BCUT2D eigenvalue weighted by atomic mass is 10.0. The summed E-state index contributed by atoms with van der Waals surface area (Å²) in [7, 11) is 0. The van der Waals surface area contributed by atoms with Gasteiger partial charge in [0.25, 0.3) is 0 Å². The topological polar surface area (TPSA) is 109 Å². The third kappa shape index (κ3) is 3.57. The Balaban J connectivity index is 1.46. The molecule has 4 aromatic heterocycles. The fourth-order valence-corrected chi connectivity index (χ4v) is 4.36. The first-order valence-corrected chi connectivity index (χ1v) is 11.2. The third-order valence-corrected chi connectivity index (χ3v) is 6.04. The Morgan fingerprint density at radius 1 is 1.00 bits per heavy atom. The summed E-state index contributed by atoms with van der Waals surface area (Å²) in [4.78, 5) is 17.5. The van der Waals surface area contributed by atoms with E-state index in [0.717, 1.165) is 50.5 Å². The molecular weight excluding hydrogens is 422 g/mol. The molecule has 0 saturated heterocycles. The minimum atomic E-state index is 0.337. The molecule has 7 heteroatoms. The molecule has 0 spiro atoms. The van der Waals surface area contributed by atoms with Crippen molar-refractivity contribution >= 4 is 22.2 Å². The number of imidazole rings is 1. The highest BCUT2D eigenvalue weighted by Gasteiger charge is 2.22. The average molecular weight is 446 g/mol. The lowest BCUT2D eigenvalue weighted by Gasteiger charge is -2.05. The summed E-state index contributed by atoms with van der Waals surface area (Å²) < 4.78 is 0. The zero-order valence-corrected chi connectivity index (χ0v) is 18.7. The fourth-order valence-electron chi connectivity index (χ4n) is 4.36. The van der Waals surface area contributed by atoms with Crippen molar-refractivity contribution in [3.63, 3.8) is 0 Å². The first kappa shape index (κ1) is 20.1. The number of hydrogen-bond acceptors (Lipinski definition) is 5. The molecule has 0 amide bonds. The highest BCUT2D eigenvalue weighted by Crippen LogP contribution is 2.32. The van der Waals surface area contributed by atoms with Crippen molar-refractivity contribution in [2.24, 2.45) is 11.7 Å². The first-order chi connectivity index (χ1) is 16.7. The molecule has 4 aromatic rings. The van der Waals surface area contributed by atoms with Crippen LogP contribution >= 0.6 is 0 Å². The smallest absolute Gasteiger partial charge is 0.161 e. The number of hydrogen-bond donors (Lipinski definition) is 3. The highest BCUT2D eigenvalue weighted by molar-refractivity contribution is 5.90. The van der Waals surface area contributed by atoms with Crippen LogP contribution in [0.4, 0.5) is 0 Å². The molecule has 0 saturated carbocycles. The normalized spacial score (nSPS) is 17.6. The van der Waals surface area contributed by atoms with Gasteiger partial charge in [0.05, 0.1) is 16.9 Å². The Morgan fingerprint density at radius 3 is 2.76 bits per heavy atom. The zero-order valence-electron chi connectivity index (χ0n) is 18.7. The molecule has 1 atom stereocenters. The molecule has 4 heterocycles. The maximum absolute atomic E-state index is 6.24. The molecular formula is C27H23N7. The van der Waals surface area contributed by atoms with Crippen molar-refractivity contribution in [2.45, 2.75) is 13.3 Å². The molecule has 0 unspecified atom stereocenters. The van der Waals surface area contributed by atoms with Crippen LogP contribution in [-0.2, 0) is 6.42 Å². The highest BCUT2D eigenvalue weighted by atomic mass is 15.2. The van der Waals surface area contributed by atoms with Gasteiger partial charge in [-0.1, -0.05) is 43.4 Å². The number of pyridine rings is 2. The molecule has 0 bridgehead atoms. The molecule has 2 aliphatic rings. The second kappa shape index (κ2) is 8.12. The van der Waals surface area contributed by atoms with Gasteiger partial charge >= 0.3 is 0 Å². The number of aromatic nitrogens is 6. The number of nitrogens with one attached hydrogen (secondary N) is 2. The lowest BCUT2D eigenvalue weighted by molar-refractivity contribution is 0.944. The summed E-state index contributed by atoms with van der Waals surface area (Å²) in [6, 6.07) is 7.98. The third-order valence-electron chi connectivity index (χ3n) is 6.04. The van der Waals surface area contributed by atoms with Crippen LogP contribution in [0.2, 0.25) is 0 Å². The molecule has 6 rings (SSSR count). The standard InChI is InChI=1S/C27H23N7/c1-16-4-2-3-5-18(14-16)21-8-9-22-25(30-21)26(34-33-22)27-31-23-15-19(28)6-7-20(24(23)32-27)17-10-12-29-13-11-17/h2-14,16H,15,28H2,1H3,(H,31,32)(H,33,34)/t16-/m0/s1. The molecule has 0 aliphatic heterocycles. The summed E-state index contributed by atoms with van der Waals surface area (Å²) in [5.41, 5.74) is 15.1. The van der Waals surface area contributed by atoms with Crippen LogP contribution in [0.25, 0.3) is 33.7 Å². The zero-order chi connectivity index (χ0) is 23.1. The molecule has 4 N–H and O–H groups in total. The molecule has 0 radical (unpaired) electrons. The van der Waals surface area contributed by atoms with Crippen molar-refractivity contribution < 1.29 is 0 Å². The van der Waals surface area contributed by atoms with Gasteiger partial charge in [-0.15, -0.1) is 0 Å². The molecule has 7 nitrogen and oxygen atoms in total. The molecule has 0 aromatic carbocycles. The lowest BCUT2D eigenvalue weighted by Crippen LogP contribution is -2.01. The van der Waals surface area contributed by atoms with E-state index in [1.54, 1.807) is 12.4 Å². The van der Waals surface area contributed by atoms with E-state index in [0.29, 0.717) is 23.9 Å². The number of H-pyrrole nitrogens is 2.